The summed E-state index contributed by atoms with van der Waals surface area (Å²) in [5.41, 5.74) is 2.60. The van der Waals surface area contributed by atoms with Crippen molar-refractivity contribution >= 4 is 23.5 Å². The number of ether oxygens (including phenoxy) is 1. The van der Waals surface area contributed by atoms with E-state index in [-0.39, 0.29) is 6.42 Å². The lowest BCUT2D eigenvalue weighted by Gasteiger charge is -2.18. The van der Waals surface area contributed by atoms with Crippen molar-refractivity contribution < 1.29 is 27.5 Å². The van der Waals surface area contributed by atoms with E-state index in [0.717, 1.165) is 11.1 Å². The van der Waals surface area contributed by atoms with Gasteiger partial charge in [0.05, 0.1) is 0 Å². The van der Waals surface area contributed by atoms with E-state index in [1.807, 2.05) is 42.5 Å². The molecule has 8 heteroatoms. The van der Waals surface area contributed by atoms with E-state index in [4.69, 9.17) is 11.6 Å². The van der Waals surface area contributed by atoms with Crippen LogP contribution < -0.4 is 5.32 Å². The van der Waals surface area contributed by atoms with Crippen molar-refractivity contribution in [3.8, 4) is 11.1 Å². The Balaban J connectivity index is 2.09. The molecule has 2 aromatic carbocycles. The van der Waals surface area contributed by atoms with Crippen LogP contribution in [0.25, 0.3) is 11.1 Å². The molecule has 144 valence electrons. The minimum absolute atomic E-state index is 0.0195. The average molecular weight is 400 g/mol. The van der Waals surface area contributed by atoms with E-state index in [2.05, 4.69) is 10.1 Å². The average Bonchev–Trinajstić information content (AvgIpc) is 2.66. The van der Waals surface area contributed by atoms with Crippen molar-refractivity contribution in [3.05, 3.63) is 60.2 Å². The molecule has 0 bridgehead atoms. The molecule has 0 saturated heterocycles. The third-order valence-corrected chi connectivity index (χ3v) is 3.86. The van der Waals surface area contributed by atoms with Gasteiger partial charge in [-0.25, -0.2) is 4.79 Å². The quantitative estimate of drug-likeness (QED) is 0.570. The highest BCUT2D eigenvalue weighted by atomic mass is 35.5. The number of carbonyl (C=O) groups is 2. The molecule has 0 aliphatic heterocycles. The maximum atomic E-state index is 12.3. The highest BCUT2D eigenvalue weighted by Gasteiger charge is 2.32. The summed E-state index contributed by atoms with van der Waals surface area (Å²) >= 11 is 5.40. The molecule has 4 nitrogen and oxygen atoms in total. The van der Waals surface area contributed by atoms with Gasteiger partial charge in [0, 0.05) is 6.42 Å². The van der Waals surface area contributed by atoms with Crippen LogP contribution in [-0.2, 0) is 20.7 Å². The van der Waals surface area contributed by atoms with Crippen LogP contribution in [0.15, 0.2) is 54.6 Å². The molecule has 0 saturated carbocycles. The van der Waals surface area contributed by atoms with Crippen molar-refractivity contribution in [2.45, 2.75) is 18.6 Å². The van der Waals surface area contributed by atoms with Crippen LogP contribution in [0.3, 0.4) is 0 Å². The Morgan fingerprint density at radius 2 is 1.59 bits per heavy atom. The van der Waals surface area contributed by atoms with E-state index >= 15 is 0 Å². The number of nitrogens with one attached hydrogen (secondary N) is 1. The van der Waals surface area contributed by atoms with Gasteiger partial charge in [-0.3, -0.25) is 4.79 Å². The number of hydrogen-bond acceptors (Lipinski definition) is 3. The lowest BCUT2D eigenvalue weighted by Crippen LogP contribution is -2.44. The van der Waals surface area contributed by atoms with E-state index in [1.165, 1.54) is 0 Å². The van der Waals surface area contributed by atoms with Crippen molar-refractivity contribution in [2.75, 3.05) is 12.5 Å². The predicted octanol–water partition coefficient (Wildman–Crippen LogP) is 3.73. The molecule has 2 aromatic rings. The molecule has 27 heavy (non-hydrogen) atoms. The second kappa shape index (κ2) is 9.41. The number of carbonyl (C=O) groups excluding carboxylic acids is 2. The molecular weight excluding hydrogens is 383 g/mol. The first-order valence-corrected chi connectivity index (χ1v) is 8.55. The van der Waals surface area contributed by atoms with Crippen LogP contribution in [0, 0.1) is 0 Å². The number of halogens is 4. The number of rotatable bonds is 7. The summed E-state index contributed by atoms with van der Waals surface area (Å²) in [7, 11) is 0. The van der Waals surface area contributed by atoms with Gasteiger partial charge in [-0.2, -0.15) is 13.2 Å². The summed E-state index contributed by atoms with van der Waals surface area (Å²) in [6.07, 6.45) is -4.66. The number of alkyl halides is 4. The van der Waals surface area contributed by atoms with E-state index < -0.39 is 36.6 Å². The van der Waals surface area contributed by atoms with Gasteiger partial charge in [0.1, 0.15) is 11.9 Å². The molecule has 1 N–H and O–H groups in total. The van der Waals surface area contributed by atoms with Crippen molar-refractivity contribution in [2.24, 2.45) is 0 Å². The van der Waals surface area contributed by atoms with Gasteiger partial charge in [-0.1, -0.05) is 54.6 Å². The van der Waals surface area contributed by atoms with Crippen molar-refractivity contribution in [1.82, 2.24) is 5.32 Å². The minimum Gasteiger partial charge on any atom is -0.454 e. The first-order valence-electron chi connectivity index (χ1n) is 8.01. The summed E-state index contributed by atoms with van der Waals surface area (Å²) in [4.78, 5) is 23.4. The van der Waals surface area contributed by atoms with E-state index in [9.17, 15) is 22.8 Å². The minimum atomic E-state index is -4.64. The monoisotopic (exact) mass is 399 g/mol. The predicted molar refractivity (Wildman–Crippen MR) is 95.2 cm³/mol. The molecule has 0 radical (unpaired) electrons. The summed E-state index contributed by atoms with van der Waals surface area (Å²) in [5.74, 6) is -2.26. The normalized spacial score (nSPS) is 12.3. The highest BCUT2D eigenvalue weighted by molar-refractivity contribution is 6.27. The van der Waals surface area contributed by atoms with Gasteiger partial charge < -0.3 is 10.1 Å². The Morgan fingerprint density at radius 3 is 2.15 bits per heavy atom. The van der Waals surface area contributed by atoms with Crippen molar-refractivity contribution in [1.29, 1.82) is 0 Å². The Labute approximate surface area is 159 Å². The second-order valence-electron chi connectivity index (χ2n) is 5.74. The fourth-order valence-electron chi connectivity index (χ4n) is 2.38. The Hall–Kier alpha value is -2.54. The zero-order valence-electron chi connectivity index (χ0n) is 14.1. The maximum absolute atomic E-state index is 12.3. The lowest BCUT2D eigenvalue weighted by atomic mass is 10.0. The van der Waals surface area contributed by atoms with Gasteiger partial charge >= 0.3 is 12.1 Å². The molecule has 0 spiro atoms. The molecule has 0 heterocycles. The van der Waals surface area contributed by atoms with E-state index in [1.54, 1.807) is 12.1 Å². The zero-order chi connectivity index (χ0) is 19.9. The third-order valence-electron chi connectivity index (χ3n) is 3.62. The molecule has 0 unspecified atom stereocenters. The van der Waals surface area contributed by atoms with Crippen LogP contribution in [0.5, 0.6) is 0 Å². The topological polar surface area (TPSA) is 55.4 Å². The first kappa shape index (κ1) is 20.8. The SMILES string of the molecule is O=C(CCl)N[C@@H](Cc1ccc(-c2ccccc2)cc1)C(=O)OCC(F)(F)F. The maximum Gasteiger partial charge on any atom is 0.422 e. The van der Waals surface area contributed by atoms with E-state index in [0.29, 0.717) is 5.56 Å². The third kappa shape index (κ3) is 6.94. The standard InChI is InChI=1S/C19H17ClF3NO3/c20-11-17(25)24-16(18(26)27-12-19(21,22)23)10-13-6-8-15(9-7-13)14-4-2-1-3-5-14/h1-9,16H,10-12H2,(H,24,25)/t16-/m0/s1. The summed E-state index contributed by atoms with van der Waals surface area (Å²) in [6, 6.07) is 15.4. The van der Waals surface area contributed by atoms with Crippen LogP contribution in [-0.4, -0.2) is 36.6 Å². The molecule has 1 atom stereocenters. The van der Waals surface area contributed by atoms with Crippen LogP contribution >= 0.6 is 11.6 Å². The Morgan fingerprint density at radius 1 is 1.00 bits per heavy atom. The molecule has 0 fully saturated rings. The van der Waals surface area contributed by atoms with Gasteiger partial charge in [0.2, 0.25) is 5.91 Å². The fraction of sp³-hybridized carbons (Fsp3) is 0.263. The Kier molecular flexibility index (Phi) is 7.24. The number of hydrogen-bond donors (Lipinski definition) is 1. The molecule has 0 aliphatic rings. The molecular formula is C19H17ClF3NO3. The summed E-state index contributed by atoms with van der Waals surface area (Å²) in [6.45, 7) is -1.72. The van der Waals surface area contributed by atoms with Gasteiger partial charge in [0.15, 0.2) is 6.61 Å². The first-order chi connectivity index (χ1) is 12.8. The van der Waals surface area contributed by atoms with Crippen LogP contribution in [0.4, 0.5) is 13.2 Å². The lowest BCUT2D eigenvalue weighted by molar-refractivity contribution is -0.187. The van der Waals surface area contributed by atoms with Crippen molar-refractivity contribution in [3.63, 3.8) is 0 Å². The highest BCUT2D eigenvalue weighted by Crippen LogP contribution is 2.20. The van der Waals surface area contributed by atoms with Crippen LogP contribution in [0.2, 0.25) is 0 Å². The summed E-state index contributed by atoms with van der Waals surface area (Å²) in [5, 5.41) is 2.28. The van der Waals surface area contributed by atoms with Gasteiger partial charge in [0.25, 0.3) is 0 Å². The van der Waals surface area contributed by atoms with Crippen LogP contribution in [0.1, 0.15) is 5.56 Å². The summed E-state index contributed by atoms with van der Waals surface area (Å²) < 4.78 is 41.0. The molecule has 2 rings (SSSR count). The van der Waals surface area contributed by atoms with Gasteiger partial charge in [-0.15, -0.1) is 11.6 Å². The molecule has 0 aliphatic carbocycles. The fourth-order valence-corrected chi connectivity index (χ4v) is 2.46. The number of esters is 1. The van der Waals surface area contributed by atoms with Gasteiger partial charge in [-0.05, 0) is 16.7 Å². The smallest absolute Gasteiger partial charge is 0.422 e. The second-order valence-corrected chi connectivity index (χ2v) is 6.01. The number of benzene rings is 2. The zero-order valence-corrected chi connectivity index (χ0v) is 14.9. The molecule has 1 amide bonds. The molecule has 0 aromatic heterocycles. The largest absolute Gasteiger partial charge is 0.454 e. The number of amides is 1. The Bertz CT molecular complexity index is 764.